The van der Waals surface area contributed by atoms with Crippen molar-refractivity contribution in [2.45, 2.75) is 31.7 Å². The number of ether oxygens (including phenoxy) is 5. The number of hydrogen-bond donors (Lipinski definition) is 0. The zero-order chi connectivity index (χ0) is 21.8. The van der Waals surface area contributed by atoms with Crippen LogP contribution in [0.25, 0.3) is 0 Å². The van der Waals surface area contributed by atoms with E-state index in [1.807, 2.05) is 29.2 Å². The topological polar surface area (TPSA) is 66.5 Å². The van der Waals surface area contributed by atoms with Gasteiger partial charge in [-0.1, -0.05) is 12.1 Å². The number of nitrogens with zero attached hydrogens (tertiary/aromatic N) is 1. The van der Waals surface area contributed by atoms with Crippen LogP contribution in [0.3, 0.4) is 0 Å². The van der Waals surface area contributed by atoms with Gasteiger partial charge in [0.15, 0.2) is 23.0 Å². The Kier molecular flexibility index (Phi) is 6.39. The number of carbonyl (C=O) groups excluding carboxylic acids is 1. The quantitative estimate of drug-likeness (QED) is 0.699. The van der Waals surface area contributed by atoms with E-state index in [0.717, 1.165) is 48.4 Å². The maximum Gasteiger partial charge on any atom is 0.227 e. The first-order valence-corrected chi connectivity index (χ1v) is 10.6. The van der Waals surface area contributed by atoms with Gasteiger partial charge in [0.05, 0.1) is 47.0 Å². The number of likely N-dealkylation sites (tertiary alicyclic amines) is 1. The van der Waals surface area contributed by atoms with Crippen molar-refractivity contribution in [3.8, 4) is 28.7 Å². The van der Waals surface area contributed by atoms with Gasteiger partial charge in [0, 0.05) is 18.5 Å². The second-order valence-corrected chi connectivity index (χ2v) is 7.67. The molecule has 1 fully saturated rings. The van der Waals surface area contributed by atoms with Crippen LogP contribution < -0.4 is 23.7 Å². The van der Waals surface area contributed by atoms with Crippen LogP contribution in [0.2, 0.25) is 0 Å². The van der Waals surface area contributed by atoms with Crippen LogP contribution in [0.4, 0.5) is 0 Å². The molecule has 1 saturated heterocycles. The van der Waals surface area contributed by atoms with Crippen LogP contribution in [-0.2, 0) is 11.2 Å². The molecule has 31 heavy (non-hydrogen) atoms. The molecule has 0 aromatic heterocycles. The molecule has 4 rings (SSSR count). The second kappa shape index (κ2) is 9.37. The van der Waals surface area contributed by atoms with E-state index < -0.39 is 0 Å². The van der Waals surface area contributed by atoms with Crippen molar-refractivity contribution in [1.29, 1.82) is 0 Å². The van der Waals surface area contributed by atoms with Crippen molar-refractivity contribution < 1.29 is 28.5 Å². The third kappa shape index (κ3) is 4.22. The molecule has 1 atom stereocenters. The van der Waals surface area contributed by atoms with E-state index in [0.29, 0.717) is 30.5 Å². The van der Waals surface area contributed by atoms with Crippen molar-refractivity contribution in [2.75, 3.05) is 41.1 Å². The number of fused-ring (bicyclic) bond motifs is 1. The van der Waals surface area contributed by atoms with Gasteiger partial charge in [-0.2, -0.15) is 0 Å². The first-order valence-electron chi connectivity index (χ1n) is 10.6. The minimum absolute atomic E-state index is 0.0239. The van der Waals surface area contributed by atoms with E-state index in [-0.39, 0.29) is 18.4 Å². The van der Waals surface area contributed by atoms with Gasteiger partial charge in [0.1, 0.15) is 0 Å². The molecule has 0 radical (unpaired) electrons. The zero-order valence-corrected chi connectivity index (χ0v) is 18.3. The molecule has 0 spiro atoms. The second-order valence-electron chi connectivity index (χ2n) is 7.67. The largest absolute Gasteiger partial charge is 0.493 e. The normalized spacial score (nSPS) is 17.8. The Labute approximate surface area is 182 Å². The molecule has 1 unspecified atom stereocenters. The van der Waals surface area contributed by atoms with Gasteiger partial charge in [0.25, 0.3) is 0 Å². The monoisotopic (exact) mass is 427 g/mol. The highest BCUT2D eigenvalue weighted by Gasteiger charge is 2.31. The highest BCUT2D eigenvalue weighted by molar-refractivity contribution is 5.81. The molecule has 2 aromatic carbocycles. The Morgan fingerprint density at radius 2 is 1.74 bits per heavy atom. The third-order valence-corrected chi connectivity index (χ3v) is 5.86. The van der Waals surface area contributed by atoms with Crippen LogP contribution in [0, 0.1) is 0 Å². The molecule has 2 aliphatic rings. The number of benzene rings is 2. The Hall–Kier alpha value is -3.09. The Balaban J connectivity index is 1.56. The van der Waals surface area contributed by atoms with Gasteiger partial charge < -0.3 is 28.6 Å². The summed E-state index contributed by atoms with van der Waals surface area (Å²) < 4.78 is 27.9. The van der Waals surface area contributed by atoms with Crippen LogP contribution in [0.5, 0.6) is 28.7 Å². The van der Waals surface area contributed by atoms with Crippen LogP contribution in [-0.4, -0.2) is 51.9 Å². The van der Waals surface area contributed by atoms with Crippen molar-refractivity contribution in [1.82, 2.24) is 4.90 Å². The summed E-state index contributed by atoms with van der Waals surface area (Å²) in [5.41, 5.74) is 1.85. The van der Waals surface area contributed by atoms with Gasteiger partial charge in [-0.15, -0.1) is 0 Å². The fraction of sp³-hybridized carbons (Fsp3) is 0.458. The minimum atomic E-state index is 0.0239. The summed E-state index contributed by atoms with van der Waals surface area (Å²) >= 11 is 0. The molecular weight excluding hydrogens is 398 g/mol. The fourth-order valence-electron chi connectivity index (χ4n) is 4.37. The summed E-state index contributed by atoms with van der Waals surface area (Å²) in [5, 5.41) is 0. The highest BCUT2D eigenvalue weighted by atomic mass is 16.5. The molecule has 166 valence electrons. The Bertz CT molecular complexity index is 944. The molecule has 2 aromatic rings. The number of hydrogen-bond acceptors (Lipinski definition) is 6. The van der Waals surface area contributed by atoms with Crippen molar-refractivity contribution in [2.24, 2.45) is 0 Å². The lowest BCUT2D eigenvalue weighted by Gasteiger charge is -2.26. The van der Waals surface area contributed by atoms with E-state index in [4.69, 9.17) is 23.7 Å². The third-order valence-electron chi connectivity index (χ3n) is 5.86. The average Bonchev–Trinajstić information content (AvgIpc) is 3.17. The van der Waals surface area contributed by atoms with E-state index in [1.165, 1.54) is 0 Å². The predicted molar refractivity (Wildman–Crippen MR) is 116 cm³/mol. The van der Waals surface area contributed by atoms with E-state index in [9.17, 15) is 4.79 Å². The maximum absolute atomic E-state index is 13.3. The summed E-state index contributed by atoms with van der Waals surface area (Å²) in [4.78, 5) is 15.3. The van der Waals surface area contributed by atoms with Crippen molar-refractivity contribution >= 4 is 5.91 Å². The smallest absolute Gasteiger partial charge is 0.227 e. The van der Waals surface area contributed by atoms with Gasteiger partial charge in [-0.05, 0) is 36.6 Å². The Morgan fingerprint density at radius 3 is 2.48 bits per heavy atom. The van der Waals surface area contributed by atoms with E-state index >= 15 is 0 Å². The van der Waals surface area contributed by atoms with Gasteiger partial charge in [-0.3, -0.25) is 4.79 Å². The molecule has 0 N–H and O–H groups in total. The van der Waals surface area contributed by atoms with Crippen molar-refractivity contribution in [3.05, 3.63) is 41.5 Å². The molecule has 7 nitrogen and oxygen atoms in total. The standard InChI is InChI=1S/C24H29NO6/c1-27-20-10-8-17(23(28-2)24(20)29-3)15-22(26)25-11-4-6-18(25)16-7-9-19-21(14-16)31-13-5-12-30-19/h7-10,14,18H,4-6,11-13,15H2,1-3H3. The molecule has 7 heteroatoms. The number of rotatable bonds is 6. The minimum Gasteiger partial charge on any atom is -0.493 e. The van der Waals surface area contributed by atoms with Crippen LogP contribution in [0.1, 0.15) is 36.4 Å². The van der Waals surface area contributed by atoms with Crippen molar-refractivity contribution in [3.63, 3.8) is 0 Å². The van der Waals surface area contributed by atoms with Gasteiger partial charge >= 0.3 is 0 Å². The van der Waals surface area contributed by atoms with Gasteiger partial charge in [-0.25, -0.2) is 0 Å². The van der Waals surface area contributed by atoms with Crippen LogP contribution in [0.15, 0.2) is 30.3 Å². The molecule has 0 saturated carbocycles. The highest BCUT2D eigenvalue weighted by Crippen LogP contribution is 2.41. The van der Waals surface area contributed by atoms with E-state index in [2.05, 4.69) is 0 Å². The SMILES string of the molecule is COc1ccc(CC(=O)N2CCCC2c2ccc3c(c2)OCCCO3)c(OC)c1OC. The first-order chi connectivity index (χ1) is 15.2. The lowest BCUT2D eigenvalue weighted by molar-refractivity contribution is -0.131. The first kappa shape index (κ1) is 21.2. The summed E-state index contributed by atoms with van der Waals surface area (Å²) in [7, 11) is 4.71. The predicted octanol–water partition coefficient (Wildman–Crippen LogP) is 3.78. The lowest BCUT2D eigenvalue weighted by atomic mass is 10.0. The summed E-state index contributed by atoms with van der Waals surface area (Å²) in [5.74, 6) is 3.18. The fourth-order valence-corrected chi connectivity index (χ4v) is 4.37. The molecule has 2 heterocycles. The average molecular weight is 427 g/mol. The molecular formula is C24H29NO6. The summed E-state index contributed by atoms with van der Waals surface area (Å²) in [6.07, 6.45) is 2.98. The summed E-state index contributed by atoms with van der Waals surface area (Å²) in [6.45, 7) is 2.03. The number of carbonyl (C=O) groups is 1. The van der Waals surface area contributed by atoms with Gasteiger partial charge in [0.2, 0.25) is 11.7 Å². The number of amides is 1. The zero-order valence-electron chi connectivity index (χ0n) is 18.3. The number of methoxy groups -OCH3 is 3. The lowest BCUT2D eigenvalue weighted by Crippen LogP contribution is -2.32. The Morgan fingerprint density at radius 1 is 0.968 bits per heavy atom. The summed E-state index contributed by atoms with van der Waals surface area (Å²) in [6, 6.07) is 9.70. The molecule has 0 aliphatic carbocycles. The maximum atomic E-state index is 13.3. The van der Waals surface area contributed by atoms with Crippen LogP contribution >= 0.6 is 0 Å². The van der Waals surface area contributed by atoms with E-state index in [1.54, 1.807) is 27.4 Å². The molecule has 2 aliphatic heterocycles. The molecule has 0 bridgehead atoms. The molecule has 1 amide bonds.